The summed E-state index contributed by atoms with van der Waals surface area (Å²) >= 11 is 0. The molecule has 0 unspecified atom stereocenters. The van der Waals surface area contributed by atoms with Crippen molar-refractivity contribution in [3.05, 3.63) is 54.1 Å². The lowest BCUT2D eigenvalue weighted by Crippen LogP contribution is -2.20. The molecule has 2 aromatic rings. The minimum absolute atomic E-state index is 0.235. The lowest BCUT2D eigenvalue weighted by atomic mass is 9.97. The summed E-state index contributed by atoms with van der Waals surface area (Å²) in [6.07, 6.45) is 6.10. The van der Waals surface area contributed by atoms with Gasteiger partial charge < -0.3 is 9.47 Å². The van der Waals surface area contributed by atoms with Crippen LogP contribution in [-0.4, -0.2) is 19.2 Å². The number of hydrogen-bond donors (Lipinski definition) is 0. The van der Waals surface area contributed by atoms with Crippen LogP contribution >= 0.6 is 0 Å². The molecule has 3 nitrogen and oxygen atoms in total. The van der Waals surface area contributed by atoms with Gasteiger partial charge >= 0.3 is 5.97 Å². The van der Waals surface area contributed by atoms with E-state index in [9.17, 15) is 4.79 Å². The molecular weight excluding hydrogens is 288 g/mol. The van der Waals surface area contributed by atoms with Crippen molar-refractivity contribution >= 4 is 5.97 Å². The second-order valence-electron chi connectivity index (χ2n) is 5.95. The van der Waals surface area contributed by atoms with E-state index in [-0.39, 0.29) is 12.1 Å². The average Bonchev–Trinajstić information content (AvgIpc) is 2.62. The Bertz CT molecular complexity index is 658. The third-order valence-electron chi connectivity index (χ3n) is 4.33. The van der Waals surface area contributed by atoms with Gasteiger partial charge in [-0.25, -0.2) is 4.79 Å². The highest BCUT2D eigenvalue weighted by atomic mass is 16.5. The molecule has 0 radical (unpaired) electrons. The van der Waals surface area contributed by atoms with E-state index in [1.807, 2.05) is 30.3 Å². The summed E-state index contributed by atoms with van der Waals surface area (Å²) in [5.74, 6) is 0.434. The topological polar surface area (TPSA) is 35.5 Å². The fourth-order valence-corrected chi connectivity index (χ4v) is 3.08. The van der Waals surface area contributed by atoms with Crippen LogP contribution in [-0.2, 0) is 4.74 Å². The summed E-state index contributed by atoms with van der Waals surface area (Å²) in [6.45, 7) is 0. The zero-order valence-corrected chi connectivity index (χ0v) is 13.5. The zero-order chi connectivity index (χ0) is 16.1. The highest BCUT2D eigenvalue weighted by Gasteiger charge is 2.18. The van der Waals surface area contributed by atoms with Gasteiger partial charge in [-0.2, -0.15) is 0 Å². The Morgan fingerprint density at radius 2 is 1.74 bits per heavy atom. The lowest BCUT2D eigenvalue weighted by Gasteiger charge is -2.24. The van der Waals surface area contributed by atoms with Gasteiger partial charge in [0.1, 0.15) is 5.75 Å². The van der Waals surface area contributed by atoms with E-state index in [2.05, 4.69) is 12.1 Å². The van der Waals surface area contributed by atoms with Gasteiger partial charge in [0, 0.05) is 5.56 Å². The predicted octanol–water partition coefficient (Wildman–Crippen LogP) is 4.85. The van der Waals surface area contributed by atoms with E-state index in [0.717, 1.165) is 29.7 Å². The first-order valence-corrected chi connectivity index (χ1v) is 8.22. The van der Waals surface area contributed by atoms with Gasteiger partial charge in [-0.3, -0.25) is 0 Å². The molecule has 1 saturated carbocycles. The van der Waals surface area contributed by atoms with Crippen LogP contribution in [0.1, 0.15) is 42.5 Å². The molecule has 1 fully saturated rings. The van der Waals surface area contributed by atoms with Gasteiger partial charge in [-0.05, 0) is 49.4 Å². The van der Waals surface area contributed by atoms with Crippen molar-refractivity contribution in [2.75, 3.05) is 7.11 Å². The van der Waals surface area contributed by atoms with Crippen LogP contribution in [0.25, 0.3) is 11.1 Å². The second-order valence-corrected chi connectivity index (χ2v) is 5.95. The van der Waals surface area contributed by atoms with Crippen LogP contribution in [0.15, 0.2) is 48.5 Å². The van der Waals surface area contributed by atoms with Crippen molar-refractivity contribution < 1.29 is 14.3 Å². The first-order valence-electron chi connectivity index (χ1n) is 8.22. The van der Waals surface area contributed by atoms with E-state index in [1.54, 1.807) is 6.07 Å². The zero-order valence-electron chi connectivity index (χ0n) is 13.5. The minimum atomic E-state index is -0.335. The van der Waals surface area contributed by atoms with Crippen LogP contribution in [0, 0.1) is 0 Å². The number of carbonyl (C=O) groups excluding carboxylic acids is 1. The molecule has 120 valence electrons. The van der Waals surface area contributed by atoms with Gasteiger partial charge in [0.2, 0.25) is 0 Å². The van der Waals surface area contributed by atoms with Gasteiger partial charge in [-0.15, -0.1) is 0 Å². The summed E-state index contributed by atoms with van der Waals surface area (Å²) in [5.41, 5.74) is 2.64. The Kier molecular flexibility index (Phi) is 4.96. The van der Waals surface area contributed by atoms with Crippen molar-refractivity contribution in [3.8, 4) is 16.9 Å². The first kappa shape index (κ1) is 15.6. The van der Waals surface area contributed by atoms with E-state index >= 15 is 0 Å². The molecule has 0 atom stereocenters. The molecule has 0 spiro atoms. The van der Waals surface area contributed by atoms with Crippen LogP contribution in [0.2, 0.25) is 0 Å². The maximum Gasteiger partial charge on any atom is 0.337 e. The number of hydrogen-bond acceptors (Lipinski definition) is 3. The highest BCUT2D eigenvalue weighted by Crippen LogP contribution is 2.34. The molecule has 1 aliphatic carbocycles. The monoisotopic (exact) mass is 310 g/mol. The third-order valence-corrected chi connectivity index (χ3v) is 4.33. The van der Waals surface area contributed by atoms with Crippen LogP contribution in [0.3, 0.4) is 0 Å². The quantitative estimate of drug-likeness (QED) is 0.757. The molecule has 0 heterocycles. The van der Waals surface area contributed by atoms with Crippen LogP contribution < -0.4 is 4.74 Å². The lowest BCUT2D eigenvalue weighted by molar-refractivity contribution is 0.0599. The normalized spacial score (nSPS) is 15.2. The number of carbonyl (C=O) groups is 1. The van der Waals surface area contributed by atoms with Crippen molar-refractivity contribution in [2.24, 2.45) is 0 Å². The maximum absolute atomic E-state index is 11.8. The summed E-state index contributed by atoms with van der Waals surface area (Å²) in [7, 11) is 1.40. The van der Waals surface area contributed by atoms with Crippen molar-refractivity contribution in [1.29, 1.82) is 0 Å². The van der Waals surface area contributed by atoms with Gasteiger partial charge in [0.05, 0.1) is 18.8 Å². The molecule has 23 heavy (non-hydrogen) atoms. The fourth-order valence-electron chi connectivity index (χ4n) is 3.08. The Morgan fingerprint density at radius 3 is 2.43 bits per heavy atom. The molecule has 0 saturated heterocycles. The number of methoxy groups -OCH3 is 1. The molecule has 0 bridgehead atoms. The Balaban J connectivity index is 1.95. The van der Waals surface area contributed by atoms with Gasteiger partial charge in [0.15, 0.2) is 0 Å². The molecule has 3 rings (SSSR count). The minimum Gasteiger partial charge on any atom is -0.490 e. The number of rotatable bonds is 4. The molecule has 0 aromatic heterocycles. The predicted molar refractivity (Wildman–Crippen MR) is 90.7 cm³/mol. The summed E-state index contributed by atoms with van der Waals surface area (Å²) < 4.78 is 11.1. The average molecular weight is 310 g/mol. The molecule has 0 aliphatic heterocycles. The van der Waals surface area contributed by atoms with E-state index < -0.39 is 0 Å². The molecule has 2 aromatic carbocycles. The molecule has 0 N–H and O–H groups in total. The van der Waals surface area contributed by atoms with Crippen LogP contribution in [0.5, 0.6) is 5.75 Å². The number of benzene rings is 2. The van der Waals surface area contributed by atoms with Crippen molar-refractivity contribution in [2.45, 2.75) is 38.2 Å². The maximum atomic E-state index is 11.8. The van der Waals surface area contributed by atoms with Crippen molar-refractivity contribution in [3.63, 3.8) is 0 Å². The van der Waals surface area contributed by atoms with Gasteiger partial charge in [-0.1, -0.05) is 36.8 Å². The molecular formula is C20H22O3. The smallest absolute Gasteiger partial charge is 0.337 e. The molecule has 3 heteroatoms. The Hall–Kier alpha value is -2.29. The summed E-state index contributed by atoms with van der Waals surface area (Å²) in [5, 5.41) is 0. The first-order chi connectivity index (χ1) is 11.3. The third kappa shape index (κ3) is 3.73. The fraction of sp³-hybridized carbons (Fsp3) is 0.350. The van der Waals surface area contributed by atoms with Crippen LogP contribution in [0.4, 0.5) is 0 Å². The second kappa shape index (κ2) is 7.32. The summed E-state index contributed by atoms with van der Waals surface area (Å²) in [6, 6.07) is 15.7. The SMILES string of the molecule is COC(=O)c1ccc(-c2ccccc2)c(OC2CCCCC2)c1. The van der Waals surface area contributed by atoms with Gasteiger partial charge in [0.25, 0.3) is 0 Å². The summed E-state index contributed by atoms with van der Waals surface area (Å²) in [4.78, 5) is 11.8. The van der Waals surface area contributed by atoms with E-state index in [4.69, 9.17) is 9.47 Å². The highest BCUT2D eigenvalue weighted by molar-refractivity contribution is 5.91. The number of ether oxygens (including phenoxy) is 2. The Morgan fingerprint density at radius 1 is 1.00 bits per heavy atom. The molecule has 1 aliphatic rings. The van der Waals surface area contributed by atoms with E-state index in [1.165, 1.54) is 26.4 Å². The van der Waals surface area contributed by atoms with E-state index in [0.29, 0.717) is 5.56 Å². The number of esters is 1. The molecule has 0 amide bonds. The van der Waals surface area contributed by atoms with Crippen molar-refractivity contribution in [1.82, 2.24) is 0 Å². The largest absolute Gasteiger partial charge is 0.490 e. The standard InChI is InChI=1S/C20H22O3/c1-22-20(21)16-12-13-18(15-8-4-2-5-9-15)19(14-16)23-17-10-6-3-7-11-17/h2,4-5,8-9,12-14,17H,3,6-7,10-11H2,1H3. The Labute approximate surface area is 137 Å².